The van der Waals surface area contributed by atoms with Gasteiger partial charge in [0.05, 0.1) is 11.4 Å². The van der Waals surface area contributed by atoms with Gasteiger partial charge in [0.15, 0.2) is 5.82 Å². The molecule has 18 heavy (non-hydrogen) atoms. The molecule has 2 rings (SSSR count). The first kappa shape index (κ1) is 13.2. The Balaban J connectivity index is 2.18. The summed E-state index contributed by atoms with van der Waals surface area (Å²) in [6, 6.07) is 0. The molecule has 1 aromatic rings. The van der Waals surface area contributed by atoms with Crippen molar-refractivity contribution in [2.75, 3.05) is 17.2 Å². The van der Waals surface area contributed by atoms with E-state index in [0.717, 1.165) is 0 Å². The summed E-state index contributed by atoms with van der Waals surface area (Å²) in [5, 5.41) is 0. The molecule has 6 nitrogen and oxygen atoms in total. The maximum atomic E-state index is 11.8. The van der Waals surface area contributed by atoms with Crippen molar-refractivity contribution in [1.82, 2.24) is 9.97 Å². The molecule has 0 N–H and O–H groups in total. The average Bonchev–Trinajstić information content (AvgIpc) is 2.57. The van der Waals surface area contributed by atoms with Crippen LogP contribution in [0.1, 0.15) is 12.1 Å². The lowest BCUT2D eigenvalue weighted by atomic mass is 10.1. The summed E-state index contributed by atoms with van der Waals surface area (Å²) in [4.78, 5) is 21.5. The number of carbonyl (C=O) groups excluding carboxylic acids is 1. The van der Waals surface area contributed by atoms with Gasteiger partial charge in [-0.15, -0.1) is 0 Å². The van der Waals surface area contributed by atoms with Crippen molar-refractivity contribution < 1.29 is 13.2 Å². The van der Waals surface area contributed by atoms with E-state index >= 15 is 0 Å². The van der Waals surface area contributed by atoms with E-state index in [-0.39, 0.29) is 24.0 Å². The number of aryl methyl sites for hydroxylation is 1. The van der Waals surface area contributed by atoms with Gasteiger partial charge in [-0.1, -0.05) is 0 Å². The molecule has 1 amide bonds. The monoisotopic (exact) mass is 289 g/mol. The van der Waals surface area contributed by atoms with Gasteiger partial charge in [-0.25, -0.2) is 13.4 Å². The van der Waals surface area contributed by atoms with E-state index in [9.17, 15) is 13.2 Å². The van der Waals surface area contributed by atoms with Crippen LogP contribution in [0.15, 0.2) is 12.4 Å². The van der Waals surface area contributed by atoms with Crippen LogP contribution < -0.4 is 4.90 Å². The number of aromatic nitrogens is 2. The van der Waals surface area contributed by atoms with Gasteiger partial charge in [0.25, 0.3) is 0 Å². The molecular formula is C10H12ClN3O3S. The second kappa shape index (κ2) is 4.81. The van der Waals surface area contributed by atoms with Gasteiger partial charge in [0.2, 0.25) is 15.0 Å². The molecule has 0 radical (unpaired) electrons. The third-order valence-electron chi connectivity index (χ3n) is 2.75. The Hall–Kier alpha value is -1.21. The van der Waals surface area contributed by atoms with Gasteiger partial charge in [-0.3, -0.25) is 14.7 Å². The molecule has 1 aliphatic rings. The molecule has 2 heterocycles. The molecule has 98 valence electrons. The summed E-state index contributed by atoms with van der Waals surface area (Å²) in [5.74, 6) is -0.155. The maximum absolute atomic E-state index is 11.8. The van der Waals surface area contributed by atoms with Crippen LogP contribution in [-0.4, -0.2) is 36.6 Å². The molecule has 1 aliphatic heterocycles. The highest BCUT2D eigenvalue weighted by molar-refractivity contribution is 8.13. The first-order chi connectivity index (χ1) is 8.37. The van der Waals surface area contributed by atoms with E-state index in [1.807, 2.05) is 0 Å². The van der Waals surface area contributed by atoms with E-state index in [1.54, 1.807) is 13.1 Å². The standard InChI is InChI=1S/C10H12ClN3O3S/c1-7-10(13-3-2-12-7)14-5-8(4-9(14)15)6-18(11,16)17/h2-3,8H,4-6H2,1H3. The molecule has 0 aliphatic carbocycles. The Morgan fingerprint density at radius 2 is 2.11 bits per heavy atom. The number of anilines is 1. The summed E-state index contributed by atoms with van der Waals surface area (Å²) in [5.41, 5.74) is 0.639. The first-order valence-electron chi connectivity index (χ1n) is 5.37. The zero-order chi connectivity index (χ0) is 13.3. The fourth-order valence-electron chi connectivity index (χ4n) is 2.04. The van der Waals surface area contributed by atoms with Gasteiger partial charge in [0.1, 0.15) is 0 Å². The van der Waals surface area contributed by atoms with Crippen LogP contribution in [0.4, 0.5) is 5.82 Å². The van der Waals surface area contributed by atoms with E-state index in [0.29, 0.717) is 18.1 Å². The van der Waals surface area contributed by atoms with Crippen LogP contribution in [0.2, 0.25) is 0 Å². The SMILES string of the molecule is Cc1nccnc1N1CC(CS(=O)(=O)Cl)CC1=O. The first-order valence-corrected chi connectivity index (χ1v) is 7.85. The van der Waals surface area contributed by atoms with Crippen LogP contribution in [0.5, 0.6) is 0 Å². The highest BCUT2D eigenvalue weighted by Gasteiger charge is 2.34. The molecule has 1 aromatic heterocycles. The van der Waals surface area contributed by atoms with Crippen molar-refractivity contribution >= 4 is 31.5 Å². The van der Waals surface area contributed by atoms with Crippen molar-refractivity contribution in [1.29, 1.82) is 0 Å². The fourth-order valence-corrected chi connectivity index (χ4v) is 3.37. The summed E-state index contributed by atoms with van der Waals surface area (Å²) in [6.45, 7) is 2.06. The van der Waals surface area contributed by atoms with Crippen molar-refractivity contribution in [2.24, 2.45) is 5.92 Å². The Morgan fingerprint density at radius 1 is 1.44 bits per heavy atom. The third-order valence-corrected chi connectivity index (χ3v) is 4.00. The van der Waals surface area contributed by atoms with E-state index in [2.05, 4.69) is 9.97 Å². The summed E-state index contributed by atoms with van der Waals surface area (Å²) < 4.78 is 22.0. The molecule has 0 spiro atoms. The molecule has 8 heteroatoms. The minimum atomic E-state index is -3.59. The maximum Gasteiger partial charge on any atom is 0.232 e. The van der Waals surface area contributed by atoms with Crippen LogP contribution >= 0.6 is 10.7 Å². The molecule has 1 atom stereocenters. The lowest BCUT2D eigenvalue weighted by Crippen LogP contribution is -2.27. The van der Waals surface area contributed by atoms with Gasteiger partial charge in [-0.05, 0) is 6.92 Å². The quantitative estimate of drug-likeness (QED) is 0.766. The van der Waals surface area contributed by atoms with Gasteiger partial charge < -0.3 is 0 Å². The smallest absolute Gasteiger partial charge is 0.232 e. The van der Waals surface area contributed by atoms with Gasteiger partial charge in [-0.2, -0.15) is 0 Å². The number of hydrogen-bond donors (Lipinski definition) is 0. The number of halogens is 1. The summed E-state index contributed by atoms with van der Waals surface area (Å²) in [6.07, 6.45) is 3.21. The number of amides is 1. The summed E-state index contributed by atoms with van der Waals surface area (Å²) >= 11 is 0. The number of carbonyl (C=O) groups is 1. The molecule has 0 bridgehead atoms. The molecular weight excluding hydrogens is 278 g/mol. The minimum Gasteiger partial charge on any atom is -0.295 e. The lowest BCUT2D eigenvalue weighted by Gasteiger charge is -2.16. The Morgan fingerprint density at radius 3 is 2.72 bits per heavy atom. The molecule has 0 saturated carbocycles. The average molecular weight is 290 g/mol. The van der Waals surface area contributed by atoms with E-state index < -0.39 is 9.05 Å². The molecule has 1 saturated heterocycles. The van der Waals surface area contributed by atoms with Gasteiger partial charge in [0, 0.05) is 42.0 Å². The van der Waals surface area contributed by atoms with Crippen LogP contribution in [0.25, 0.3) is 0 Å². The summed E-state index contributed by atoms with van der Waals surface area (Å²) in [7, 11) is 1.61. The fraction of sp³-hybridized carbons (Fsp3) is 0.500. The van der Waals surface area contributed by atoms with Crippen LogP contribution in [0, 0.1) is 12.8 Å². The van der Waals surface area contributed by atoms with Gasteiger partial charge >= 0.3 is 0 Å². The zero-order valence-electron chi connectivity index (χ0n) is 9.71. The van der Waals surface area contributed by atoms with Crippen LogP contribution in [-0.2, 0) is 13.8 Å². The Kier molecular flexibility index (Phi) is 3.54. The molecule has 0 aromatic carbocycles. The normalized spacial score (nSPS) is 20.4. The topological polar surface area (TPSA) is 80.2 Å². The molecule has 1 fully saturated rings. The highest BCUT2D eigenvalue weighted by atomic mass is 35.7. The predicted molar refractivity (Wildman–Crippen MR) is 66.9 cm³/mol. The van der Waals surface area contributed by atoms with Crippen LogP contribution in [0.3, 0.4) is 0 Å². The number of hydrogen-bond acceptors (Lipinski definition) is 5. The second-order valence-corrected chi connectivity index (χ2v) is 7.07. The van der Waals surface area contributed by atoms with E-state index in [1.165, 1.54) is 11.1 Å². The second-order valence-electron chi connectivity index (χ2n) is 4.25. The largest absolute Gasteiger partial charge is 0.295 e. The highest BCUT2D eigenvalue weighted by Crippen LogP contribution is 2.26. The predicted octanol–water partition coefficient (Wildman–Crippen LogP) is 0.707. The Labute approximate surface area is 109 Å². The third kappa shape index (κ3) is 2.97. The number of nitrogens with zero attached hydrogens (tertiary/aromatic N) is 3. The van der Waals surface area contributed by atoms with Crippen molar-refractivity contribution in [3.05, 3.63) is 18.1 Å². The minimum absolute atomic E-state index is 0.149. The van der Waals surface area contributed by atoms with E-state index in [4.69, 9.17) is 10.7 Å². The van der Waals surface area contributed by atoms with Crippen molar-refractivity contribution in [3.8, 4) is 0 Å². The zero-order valence-corrected chi connectivity index (χ0v) is 11.3. The van der Waals surface area contributed by atoms with Crippen molar-refractivity contribution in [2.45, 2.75) is 13.3 Å². The lowest BCUT2D eigenvalue weighted by molar-refractivity contribution is -0.117. The van der Waals surface area contributed by atoms with Crippen molar-refractivity contribution in [3.63, 3.8) is 0 Å². The number of rotatable bonds is 3. The molecule has 1 unspecified atom stereocenters. The Bertz CT molecular complexity index is 575.